The van der Waals surface area contributed by atoms with Crippen molar-refractivity contribution in [1.29, 1.82) is 0 Å². The number of H-pyrrole nitrogens is 1. The molecule has 0 saturated carbocycles. The van der Waals surface area contributed by atoms with Crippen molar-refractivity contribution in [3.8, 4) is 0 Å². The minimum Gasteiger partial charge on any atom is -0.480 e. The number of aliphatic carboxylic acids is 1. The predicted octanol–water partition coefficient (Wildman–Crippen LogP) is 0.208. The molecule has 0 spiro atoms. The first-order chi connectivity index (χ1) is 12.5. The van der Waals surface area contributed by atoms with Crippen LogP contribution in [0.4, 0.5) is 0 Å². The third kappa shape index (κ3) is 3.46. The van der Waals surface area contributed by atoms with E-state index in [9.17, 15) is 24.3 Å². The minimum absolute atomic E-state index is 0.0497. The van der Waals surface area contributed by atoms with Crippen molar-refractivity contribution in [3.63, 3.8) is 0 Å². The summed E-state index contributed by atoms with van der Waals surface area (Å²) in [6, 6.07) is 5.30. The molecule has 134 valence electrons. The molecule has 0 radical (unpaired) electrons. The van der Waals surface area contributed by atoms with Gasteiger partial charge in [0.25, 0.3) is 11.8 Å². The minimum atomic E-state index is -1.19. The predicted molar refractivity (Wildman–Crippen MR) is 88.3 cm³/mol. The number of nitrogens with one attached hydrogen (secondary N) is 2. The number of fused-ring (bicyclic) bond motifs is 1. The van der Waals surface area contributed by atoms with Crippen LogP contribution in [0, 0.1) is 0 Å². The summed E-state index contributed by atoms with van der Waals surface area (Å²) in [5.74, 6) is -2.65. The van der Waals surface area contributed by atoms with Crippen molar-refractivity contribution >= 4 is 23.7 Å². The Bertz CT molecular complexity index is 827. The van der Waals surface area contributed by atoms with Crippen molar-refractivity contribution < 1.29 is 24.3 Å². The molecule has 0 aliphatic carbocycles. The molecule has 0 fully saturated rings. The summed E-state index contributed by atoms with van der Waals surface area (Å²) in [5, 5.41) is 11.6. The molecule has 1 unspecified atom stereocenters. The van der Waals surface area contributed by atoms with E-state index < -0.39 is 29.7 Å². The average molecular weight is 356 g/mol. The van der Waals surface area contributed by atoms with E-state index >= 15 is 0 Å². The Hall–Kier alpha value is -3.49. The molecule has 3 amide bonds. The highest BCUT2D eigenvalue weighted by Gasteiger charge is 2.35. The zero-order chi connectivity index (χ0) is 18.7. The number of rotatable bonds is 7. The van der Waals surface area contributed by atoms with Crippen LogP contribution in [0.2, 0.25) is 0 Å². The highest BCUT2D eigenvalue weighted by Crippen LogP contribution is 2.22. The Morgan fingerprint density at radius 2 is 1.85 bits per heavy atom. The first-order valence-electron chi connectivity index (χ1n) is 7.92. The number of hydrogen-bond donors (Lipinski definition) is 3. The number of aromatic nitrogens is 2. The number of carbonyl (C=O) groups is 4. The van der Waals surface area contributed by atoms with Gasteiger partial charge in [-0.1, -0.05) is 12.1 Å². The fraction of sp³-hybridized carbons (Fsp3) is 0.235. The van der Waals surface area contributed by atoms with Gasteiger partial charge in [0.05, 0.1) is 17.5 Å². The first kappa shape index (κ1) is 17.3. The number of carboxylic acid groups (broad SMARTS) is 1. The lowest BCUT2D eigenvalue weighted by Gasteiger charge is -2.16. The Kier molecular flexibility index (Phi) is 4.78. The van der Waals surface area contributed by atoms with Crippen LogP contribution in [0.3, 0.4) is 0 Å². The summed E-state index contributed by atoms with van der Waals surface area (Å²) in [4.78, 5) is 55.4. The molecule has 26 heavy (non-hydrogen) atoms. The molecule has 9 nitrogen and oxygen atoms in total. The number of carbonyl (C=O) groups excluding carboxylic acids is 3. The Labute approximate surface area is 148 Å². The lowest BCUT2D eigenvalue weighted by atomic mass is 10.1. The third-order valence-electron chi connectivity index (χ3n) is 4.05. The van der Waals surface area contributed by atoms with Gasteiger partial charge in [-0.05, 0) is 12.1 Å². The topological polar surface area (TPSA) is 132 Å². The number of aromatic amines is 1. The van der Waals surface area contributed by atoms with Gasteiger partial charge in [0.2, 0.25) is 5.91 Å². The van der Waals surface area contributed by atoms with Crippen molar-refractivity contribution in [2.24, 2.45) is 0 Å². The maximum atomic E-state index is 12.2. The van der Waals surface area contributed by atoms with Crippen LogP contribution >= 0.6 is 0 Å². The summed E-state index contributed by atoms with van der Waals surface area (Å²) >= 11 is 0. The molecule has 3 rings (SSSR count). The summed E-state index contributed by atoms with van der Waals surface area (Å²) < 4.78 is 0. The number of benzene rings is 1. The van der Waals surface area contributed by atoms with E-state index in [1.807, 2.05) is 0 Å². The van der Waals surface area contributed by atoms with E-state index in [1.54, 1.807) is 24.3 Å². The quantitative estimate of drug-likeness (QED) is 0.608. The van der Waals surface area contributed by atoms with Gasteiger partial charge in [-0.2, -0.15) is 0 Å². The van der Waals surface area contributed by atoms with Crippen LogP contribution in [-0.4, -0.2) is 56.3 Å². The second-order valence-electron chi connectivity index (χ2n) is 5.80. The molecular weight excluding hydrogens is 340 g/mol. The SMILES string of the molecule is O=C(CCN1C(=O)c2ccccc2C1=O)NC(Cc1cnc[nH]1)C(=O)O. The molecule has 2 heterocycles. The first-order valence-corrected chi connectivity index (χ1v) is 7.92. The van der Waals surface area contributed by atoms with Gasteiger partial charge in [0.1, 0.15) is 6.04 Å². The van der Waals surface area contributed by atoms with Crippen LogP contribution in [0.15, 0.2) is 36.8 Å². The summed E-state index contributed by atoms with van der Waals surface area (Å²) in [6.45, 7) is -0.116. The highest BCUT2D eigenvalue weighted by molar-refractivity contribution is 6.21. The monoisotopic (exact) mass is 356 g/mol. The average Bonchev–Trinajstić information content (AvgIpc) is 3.21. The number of nitrogens with zero attached hydrogens (tertiary/aromatic N) is 2. The van der Waals surface area contributed by atoms with Crippen molar-refractivity contribution in [2.45, 2.75) is 18.9 Å². The number of imide groups is 1. The van der Waals surface area contributed by atoms with E-state index in [0.717, 1.165) is 4.90 Å². The van der Waals surface area contributed by atoms with Crippen molar-refractivity contribution in [1.82, 2.24) is 20.2 Å². The second-order valence-corrected chi connectivity index (χ2v) is 5.80. The molecule has 9 heteroatoms. The van der Waals surface area contributed by atoms with Crippen LogP contribution in [-0.2, 0) is 16.0 Å². The maximum absolute atomic E-state index is 12.2. The van der Waals surface area contributed by atoms with Crippen LogP contribution in [0.25, 0.3) is 0 Å². The second kappa shape index (κ2) is 7.18. The number of amides is 3. The molecule has 2 aromatic rings. The maximum Gasteiger partial charge on any atom is 0.326 e. The van der Waals surface area contributed by atoms with E-state index in [-0.39, 0.29) is 19.4 Å². The molecule has 1 aliphatic heterocycles. The number of imidazole rings is 1. The summed E-state index contributed by atoms with van der Waals surface area (Å²) in [6.07, 6.45) is 2.76. The Morgan fingerprint density at radius 3 is 2.38 bits per heavy atom. The fourth-order valence-electron chi connectivity index (χ4n) is 2.74. The van der Waals surface area contributed by atoms with E-state index in [0.29, 0.717) is 16.8 Å². The molecule has 3 N–H and O–H groups in total. The van der Waals surface area contributed by atoms with Crippen LogP contribution in [0.5, 0.6) is 0 Å². The molecule has 1 aromatic heterocycles. The zero-order valence-electron chi connectivity index (χ0n) is 13.6. The fourth-order valence-corrected chi connectivity index (χ4v) is 2.74. The van der Waals surface area contributed by atoms with Gasteiger partial charge in [0, 0.05) is 31.3 Å². The van der Waals surface area contributed by atoms with Crippen molar-refractivity contribution in [3.05, 3.63) is 53.6 Å². The summed E-state index contributed by atoms with van der Waals surface area (Å²) in [7, 11) is 0. The lowest BCUT2D eigenvalue weighted by Crippen LogP contribution is -2.43. The number of carboxylic acids is 1. The molecule has 1 aromatic carbocycles. The Morgan fingerprint density at radius 1 is 1.19 bits per heavy atom. The normalized spacial score (nSPS) is 14.2. The molecule has 1 atom stereocenters. The molecule has 0 bridgehead atoms. The smallest absolute Gasteiger partial charge is 0.326 e. The summed E-state index contributed by atoms with van der Waals surface area (Å²) in [5.41, 5.74) is 1.18. The molecule has 0 saturated heterocycles. The van der Waals surface area contributed by atoms with Gasteiger partial charge in [-0.25, -0.2) is 9.78 Å². The Balaban J connectivity index is 1.58. The van der Waals surface area contributed by atoms with Gasteiger partial charge in [-0.15, -0.1) is 0 Å². The van der Waals surface area contributed by atoms with Crippen LogP contribution < -0.4 is 5.32 Å². The van der Waals surface area contributed by atoms with E-state index in [1.165, 1.54) is 12.5 Å². The molecule has 1 aliphatic rings. The number of hydrogen-bond acceptors (Lipinski definition) is 5. The lowest BCUT2D eigenvalue weighted by molar-refractivity contribution is -0.141. The third-order valence-corrected chi connectivity index (χ3v) is 4.05. The van der Waals surface area contributed by atoms with Gasteiger partial charge < -0.3 is 15.4 Å². The molecular formula is C17H16N4O5. The van der Waals surface area contributed by atoms with Gasteiger partial charge in [0.15, 0.2) is 0 Å². The van der Waals surface area contributed by atoms with Gasteiger partial charge in [-0.3, -0.25) is 19.3 Å². The standard InChI is InChI=1S/C17H16N4O5/c22-14(20-13(17(25)26)7-10-8-18-9-19-10)5-6-21-15(23)11-3-1-2-4-12(11)16(21)24/h1-4,8-9,13H,5-7H2,(H,18,19)(H,20,22)(H,25,26). The zero-order valence-corrected chi connectivity index (χ0v) is 13.6. The van der Waals surface area contributed by atoms with Crippen LogP contribution in [0.1, 0.15) is 32.8 Å². The largest absolute Gasteiger partial charge is 0.480 e. The van der Waals surface area contributed by atoms with E-state index in [2.05, 4.69) is 15.3 Å². The van der Waals surface area contributed by atoms with Crippen molar-refractivity contribution in [2.75, 3.05) is 6.54 Å². The van der Waals surface area contributed by atoms with Gasteiger partial charge >= 0.3 is 5.97 Å². The highest BCUT2D eigenvalue weighted by atomic mass is 16.4. The van der Waals surface area contributed by atoms with E-state index in [4.69, 9.17) is 0 Å².